The third-order valence-electron chi connectivity index (χ3n) is 1.67. The van der Waals surface area contributed by atoms with Crippen LogP contribution in [0.2, 0.25) is 0 Å². The van der Waals surface area contributed by atoms with E-state index in [1.807, 2.05) is 0 Å². The fourth-order valence-corrected chi connectivity index (χ4v) is 1.75. The van der Waals surface area contributed by atoms with Gasteiger partial charge in [-0.05, 0) is 12.1 Å². The van der Waals surface area contributed by atoms with Crippen molar-refractivity contribution in [3.8, 4) is 10.6 Å². The van der Waals surface area contributed by atoms with Gasteiger partial charge in [0.15, 0.2) is 0 Å². The van der Waals surface area contributed by atoms with Gasteiger partial charge in [0.1, 0.15) is 15.8 Å². The lowest BCUT2D eigenvalue weighted by molar-refractivity contribution is 0.280. The van der Waals surface area contributed by atoms with Gasteiger partial charge in [0, 0.05) is 6.99 Å². The highest BCUT2D eigenvalue weighted by Crippen LogP contribution is 2.23. The van der Waals surface area contributed by atoms with Gasteiger partial charge in [0.25, 0.3) is 0 Å². The molecule has 1 heterocycles. The number of hydrogen-bond acceptors (Lipinski definition) is 4. The minimum atomic E-state index is -0.303. The molecule has 0 spiro atoms. The minimum Gasteiger partial charge on any atom is -0.389 e. The number of aliphatic hydroxyl groups excluding tert-OH is 1. The largest absolute Gasteiger partial charge is 0.389 e. The Balaban J connectivity index is 0.00000112. The lowest BCUT2D eigenvalue weighted by atomic mass is 10.2. The van der Waals surface area contributed by atoms with Gasteiger partial charge in [0.05, 0.1) is 6.61 Å². The summed E-state index contributed by atoms with van der Waals surface area (Å²) < 4.78 is 12.8. The van der Waals surface area contributed by atoms with Crippen molar-refractivity contribution in [3.05, 3.63) is 35.1 Å². The van der Waals surface area contributed by atoms with Crippen LogP contribution in [0.1, 0.15) is 6.43 Å². The summed E-state index contributed by atoms with van der Waals surface area (Å²) in [5.74, 6) is -0.303. The van der Waals surface area contributed by atoms with Gasteiger partial charge in [-0.3, -0.25) is 0 Å². The summed E-state index contributed by atoms with van der Waals surface area (Å²) in [6.07, 6.45) is 0. The summed E-state index contributed by atoms with van der Waals surface area (Å²) in [7, 11) is 0. The summed E-state index contributed by atoms with van der Waals surface area (Å²) >= 11 is 1.26. The average Bonchev–Trinajstić information content (AvgIpc) is 2.66. The van der Waals surface area contributed by atoms with E-state index in [-0.39, 0.29) is 13.9 Å². The predicted molar refractivity (Wildman–Crippen MR) is 53.3 cm³/mol. The van der Waals surface area contributed by atoms with Crippen molar-refractivity contribution < 1.29 is 10.9 Å². The highest BCUT2D eigenvalue weighted by Gasteiger charge is 2.05. The van der Waals surface area contributed by atoms with E-state index in [2.05, 4.69) is 10.2 Å². The smallest absolute Gasteiger partial charge is 0.147 e. The van der Waals surface area contributed by atoms with Gasteiger partial charge in [-0.2, -0.15) is 0 Å². The second-order valence-corrected chi connectivity index (χ2v) is 3.73. The second-order valence-electron chi connectivity index (χ2n) is 2.67. The van der Waals surface area contributed by atoms with Gasteiger partial charge in [-0.15, -0.1) is 10.2 Å². The SMILES string of the molecule is OCc1nnc(-c2cccc(F)c2)s1.[HH]. The first kappa shape index (κ1) is 9.23. The first-order valence-corrected chi connectivity index (χ1v) is 4.80. The number of hydrogen-bond donors (Lipinski definition) is 1. The molecule has 14 heavy (non-hydrogen) atoms. The summed E-state index contributed by atoms with van der Waals surface area (Å²) in [5.41, 5.74) is 0.683. The van der Waals surface area contributed by atoms with Gasteiger partial charge in [-0.1, -0.05) is 23.5 Å². The van der Waals surface area contributed by atoms with Crippen LogP contribution >= 0.6 is 11.3 Å². The summed E-state index contributed by atoms with van der Waals surface area (Å²) in [6.45, 7) is -0.132. The number of aromatic nitrogens is 2. The van der Waals surface area contributed by atoms with Crippen molar-refractivity contribution in [2.45, 2.75) is 6.61 Å². The predicted octanol–water partition coefficient (Wildman–Crippen LogP) is 2.08. The van der Waals surface area contributed by atoms with E-state index in [0.717, 1.165) is 0 Å². The number of benzene rings is 1. The Morgan fingerprint density at radius 1 is 1.43 bits per heavy atom. The van der Waals surface area contributed by atoms with Gasteiger partial charge >= 0.3 is 0 Å². The summed E-state index contributed by atoms with van der Waals surface area (Å²) in [6, 6.07) is 6.13. The molecule has 0 saturated carbocycles. The van der Waals surface area contributed by atoms with E-state index in [1.54, 1.807) is 12.1 Å². The molecule has 0 amide bonds. The molecule has 74 valence electrons. The molecule has 3 nitrogen and oxygen atoms in total. The van der Waals surface area contributed by atoms with Crippen molar-refractivity contribution in [1.82, 2.24) is 10.2 Å². The van der Waals surface area contributed by atoms with E-state index in [9.17, 15) is 4.39 Å². The zero-order chi connectivity index (χ0) is 9.97. The summed E-state index contributed by atoms with van der Waals surface area (Å²) in [4.78, 5) is 0. The fraction of sp³-hybridized carbons (Fsp3) is 0.111. The molecule has 2 aromatic rings. The van der Waals surface area contributed by atoms with Crippen LogP contribution < -0.4 is 0 Å². The summed E-state index contributed by atoms with van der Waals surface area (Å²) in [5, 5.41) is 17.5. The third-order valence-corrected chi connectivity index (χ3v) is 2.63. The molecule has 0 aliphatic rings. The Morgan fingerprint density at radius 3 is 2.93 bits per heavy atom. The maximum absolute atomic E-state index is 12.8. The number of nitrogens with zero attached hydrogens (tertiary/aromatic N) is 2. The van der Waals surface area contributed by atoms with Crippen LogP contribution in [0, 0.1) is 5.82 Å². The van der Waals surface area contributed by atoms with E-state index in [1.165, 1.54) is 23.5 Å². The Kier molecular flexibility index (Phi) is 2.51. The van der Waals surface area contributed by atoms with Crippen molar-refractivity contribution in [2.24, 2.45) is 0 Å². The molecule has 0 bridgehead atoms. The molecule has 1 N–H and O–H groups in total. The van der Waals surface area contributed by atoms with Crippen LogP contribution in [0.5, 0.6) is 0 Å². The molecule has 2 rings (SSSR count). The lowest BCUT2D eigenvalue weighted by Crippen LogP contribution is -1.79. The number of rotatable bonds is 2. The van der Waals surface area contributed by atoms with Gasteiger partial charge < -0.3 is 5.11 Å². The normalized spacial score (nSPS) is 10.4. The molecule has 0 saturated heterocycles. The maximum Gasteiger partial charge on any atom is 0.147 e. The molecule has 0 radical (unpaired) electrons. The van der Waals surface area contributed by atoms with Crippen LogP contribution in [0.15, 0.2) is 24.3 Å². The molecular weight excluding hydrogens is 203 g/mol. The Bertz CT molecular complexity index is 449. The maximum atomic E-state index is 12.8. The number of aliphatic hydroxyl groups is 1. The molecular formula is C9H9FN2OS. The van der Waals surface area contributed by atoms with Crippen LogP contribution in [0.3, 0.4) is 0 Å². The fourth-order valence-electron chi connectivity index (χ4n) is 1.06. The molecule has 0 fully saturated rings. The van der Waals surface area contributed by atoms with E-state index in [4.69, 9.17) is 5.11 Å². The lowest BCUT2D eigenvalue weighted by Gasteiger charge is -1.93. The highest BCUT2D eigenvalue weighted by atomic mass is 32.1. The van der Waals surface area contributed by atoms with Crippen molar-refractivity contribution in [2.75, 3.05) is 0 Å². The monoisotopic (exact) mass is 212 g/mol. The van der Waals surface area contributed by atoms with Crippen LogP contribution in [-0.2, 0) is 6.61 Å². The molecule has 0 aliphatic heterocycles. The zero-order valence-electron chi connectivity index (χ0n) is 7.14. The van der Waals surface area contributed by atoms with Crippen LogP contribution in [0.25, 0.3) is 10.6 Å². The third kappa shape index (κ3) is 1.78. The molecule has 1 aromatic heterocycles. The number of halogens is 1. The molecule has 1 aromatic carbocycles. The van der Waals surface area contributed by atoms with Crippen molar-refractivity contribution in [1.29, 1.82) is 0 Å². The first-order valence-electron chi connectivity index (χ1n) is 3.99. The molecule has 0 aliphatic carbocycles. The average molecular weight is 212 g/mol. The quantitative estimate of drug-likeness (QED) is 0.829. The Hall–Kier alpha value is -1.33. The van der Waals surface area contributed by atoms with Crippen LogP contribution in [0.4, 0.5) is 4.39 Å². The van der Waals surface area contributed by atoms with Crippen molar-refractivity contribution in [3.63, 3.8) is 0 Å². The molecule has 5 heteroatoms. The highest BCUT2D eigenvalue weighted by molar-refractivity contribution is 7.14. The Labute approximate surface area is 85.3 Å². The van der Waals surface area contributed by atoms with E-state index in [0.29, 0.717) is 15.6 Å². The Morgan fingerprint density at radius 2 is 2.29 bits per heavy atom. The second kappa shape index (κ2) is 3.81. The molecule has 0 unspecified atom stereocenters. The van der Waals surface area contributed by atoms with Gasteiger partial charge in [0.2, 0.25) is 0 Å². The van der Waals surface area contributed by atoms with Crippen LogP contribution in [-0.4, -0.2) is 15.3 Å². The minimum absolute atomic E-state index is 0. The first-order chi connectivity index (χ1) is 6.79. The standard InChI is InChI=1S/C9H7FN2OS.H2/c10-7-3-1-2-6(4-7)9-12-11-8(5-13)14-9;/h1-4,13H,5H2;1H. The topological polar surface area (TPSA) is 46.0 Å². The molecule has 0 atom stereocenters. The zero-order valence-corrected chi connectivity index (χ0v) is 7.96. The van der Waals surface area contributed by atoms with Crippen molar-refractivity contribution >= 4 is 11.3 Å². The van der Waals surface area contributed by atoms with E-state index < -0.39 is 0 Å². The van der Waals surface area contributed by atoms with Gasteiger partial charge in [-0.25, -0.2) is 4.39 Å². The van der Waals surface area contributed by atoms with E-state index >= 15 is 0 Å².